The van der Waals surface area contributed by atoms with Gasteiger partial charge in [-0.15, -0.1) is 0 Å². The van der Waals surface area contributed by atoms with Gasteiger partial charge in [-0.25, -0.2) is 4.39 Å². The number of nitrogens with one attached hydrogen (secondary N) is 1. The molecule has 0 atom stereocenters. The molecule has 0 aliphatic carbocycles. The Morgan fingerprint density at radius 1 is 1.00 bits per heavy atom. The number of para-hydroxylation sites is 1. The van der Waals surface area contributed by atoms with Crippen molar-refractivity contribution in [2.24, 2.45) is 0 Å². The third-order valence-corrected chi connectivity index (χ3v) is 4.12. The van der Waals surface area contributed by atoms with Crippen LogP contribution in [-0.2, 0) is 19.5 Å². The highest BCUT2D eigenvalue weighted by molar-refractivity contribution is 5.58. The number of hydrogen-bond donors (Lipinski definition) is 2. The highest BCUT2D eigenvalue weighted by atomic mass is 19.1. The molecule has 0 saturated heterocycles. The van der Waals surface area contributed by atoms with Gasteiger partial charge in [-0.3, -0.25) is 4.90 Å². The summed E-state index contributed by atoms with van der Waals surface area (Å²) in [5, 5.41) is 3.23. The average Bonchev–Trinajstić information content (AvgIpc) is 2.63. The van der Waals surface area contributed by atoms with Gasteiger partial charge in [0, 0.05) is 12.2 Å². The Bertz CT molecular complexity index is 897. The largest absolute Gasteiger partial charge is 0.368 e. The minimum atomic E-state index is -0.241. The summed E-state index contributed by atoms with van der Waals surface area (Å²) in [6, 6.07) is 14.5. The molecular weight excluding hydrogens is 343 g/mol. The number of hydrogen-bond acceptors (Lipinski definition) is 6. The van der Waals surface area contributed by atoms with Crippen molar-refractivity contribution in [3.8, 4) is 0 Å². The Balaban J connectivity index is 1.72. The third kappa shape index (κ3) is 5.21. The van der Waals surface area contributed by atoms with E-state index in [9.17, 15) is 4.39 Å². The highest BCUT2D eigenvalue weighted by Gasteiger charge is 2.10. The van der Waals surface area contributed by atoms with E-state index < -0.39 is 0 Å². The Morgan fingerprint density at radius 2 is 1.74 bits per heavy atom. The summed E-state index contributed by atoms with van der Waals surface area (Å²) in [6.45, 7) is 3.24. The molecule has 2 aromatic carbocycles. The number of benzene rings is 2. The number of anilines is 3. The fourth-order valence-corrected chi connectivity index (χ4v) is 2.83. The molecule has 27 heavy (non-hydrogen) atoms. The lowest BCUT2D eigenvalue weighted by Crippen LogP contribution is -2.20. The first-order chi connectivity index (χ1) is 13.0. The van der Waals surface area contributed by atoms with Gasteiger partial charge in [0.2, 0.25) is 11.9 Å². The second-order valence-electron chi connectivity index (χ2n) is 6.37. The molecule has 7 heteroatoms. The van der Waals surface area contributed by atoms with Crippen molar-refractivity contribution in [3.63, 3.8) is 0 Å². The molecule has 3 N–H and O–H groups in total. The van der Waals surface area contributed by atoms with Crippen LogP contribution in [0.3, 0.4) is 0 Å². The number of rotatable bonds is 7. The maximum absolute atomic E-state index is 13.0. The Morgan fingerprint density at radius 3 is 2.48 bits per heavy atom. The molecule has 3 aromatic rings. The molecule has 140 valence electrons. The molecule has 0 fully saturated rings. The highest BCUT2D eigenvalue weighted by Crippen LogP contribution is 2.19. The van der Waals surface area contributed by atoms with Crippen molar-refractivity contribution in [2.75, 3.05) is 18.1 Å². The summed E-state index contributed by atoms with van der Waals surface area (Å²) in [5.74, 6) is 0.929. The Kier molecular flexibility index (Phi) is 5.93. The van der Waals surface area contributed by atoms with Crippen molar-refractivity contribution in [1.29, 1.82) is 0 Å². The van der Waals surface area contributed by atoms with Crippen molar-refractivity contribution in [1.82, 2.24) is 19.9 Å². The lowest BCUT2D eigenvalue weighted by molar-refractivity contribution is 0.310. The van der Waals surface area contributed by atoms with E-state index in [0.717, 1.165) is 17.7 Å². The van der Waals surface area contributed by atoms with E-state index in [0.29, 0.717) is 24.9 Å². The molecule has 0 bridgehead atoms. The van der Waals surface area contributed by atoms with E-state index in [1.807, 2.05) is 30.1 Å². The van der Waals surface area contributed by atoms with Crippen LogP contribution in [0, 0.1) is 5.82 Å². The molecular formula is C20H23FN6. The van der Waals surface area contributed by atoms with Crippen molar-refractivity contribution >= 4 is 17.6 Å². The molecule has 6 nitrogen and oxygen atoms in total. The molecule has 0 saturated carbocycles. The van der Waals surface area contributed by atoms with E-state index in [1.54, 1.807) is 12.1 Å². The minimum Gasteiger partial charge on any atom is -0.368 e. The van der Waals surface area contributed by atoms with Crippen LogP contribution < -0.4 is 11.1 Å². The average molecular weight is 366 g/mol. The smallest absolute Gasteiger partial charge is 0.232 e. The monoisotopic (exact) mass is 366 g/mol. The number of nitrogen functional groups attached to an aromatic ring is 1. The molecule has 0 aliphatic heterocycles. The number of nitrogens with zero attached hydrogens (tertiary/aromatic N) is 4. The number of aryl methyl sites for hydroxylation is 1. The lowest BCUT2D eigenvalue weighted by Gasteiger charge is -2.16. The first-order valence-electron chi connectivity index (χ1n) is 8.82. The zero-order chi connectivity index (χ0) is 19.2. The number of nitrogens with two attached hydrogens (primary N) is 1. The van der Waals surface area contributed by atoms with Crippen molar-refractivity contribution in [3.05, 3.63) is 71.3 Å². The second kappa shape index (κ2) is 8.55. The quantitative estimate of drug-likeness (QED) is 0.666. The van der Waals surface area contributed by atoms with Gasteiger partial charge in [0.1, 0.15) is 11.6 Å². The molecule has 1 aromatic heterocycles. The minimum absolute atomic E-state index is 0.173. The van der Waals surface area contributed by atoms with E-state index >= 15 is 0 Å². The predicted molar refractivity (Wildman–Crippen MR) is 105 cm³/mol. The first kappa shape index (κ1) is 18.7. The van der Waals surface area contributed by atoms with Crippen LogP contribution in [-0.4, -0.2) is 26.9 Å². The van der Waals surface area contributed by atoms with Gasteiger partial charge in [-0.05, 0) is 42.8 Å². The van der Waals surface area contributed by atoms with Crippen LogP contribution in [0.1, 0.15) is 23.9 Å². The second-order valence-corrected chi connectivity index (χ2v) is 6.37. The molecule has 0 aliphatic rings. The zero-order valence-electron chi connectivity index (χ0n) is 15.5. The molecule has 0 unspecified atom stereocenters. The van der Waals surface area contributed by atoms with Crippen LogP contribution in [0.2, 0.25) is 0 Å². The summed E-state index contributed by atoms with van der Waals surface area (Å²) >= 11 is 0. The third-order valence-electron chi connectivity index (χ3n) is 4.12. The van der Waals surface area contributed by atoms with Gasteiger partial charge in [-0.1, -0.05) is 37.3 Å². The van der Waals surface area contributed by atoms with E-state index in [2.05, 4.69) is 33.3 Å². The normalized spacial score (nSPS) is 11.0. The molecule has 1 heterocycles. The predicted octanol–water partition coefficient (Wildman–Crippen LogP) is 3.53. The van der Waals surface area contributed by atoms with Crippen LogP contribution in [0.5, 0.6) is 0 Å². The Hall–Kier alpha value is -3.06. The lowest BCUT2D eigenvalue weighted by atomic mass is 10.1. The summed E-state index contributed by atoms with van der Waals surface area (Å²) in [6.07, 6.45) is 0.900. The topological polar surface area (TPSA) is 80.0 Å². The summed E-state index contributed by atoms with van der Waals surface area (Å²) in [7, 11) is 1.95. The standard InChI is InChI=1S/C20H23FN6/c1-3-15-6-4-5-7-17(15)23-20-25-18(24-19(22)26-20)13-27(2)12-14-8-10-16(21)11-9-14/h4-11H,3,12-13H2,1-2H3,(H3,22,23,24,25,26). The van der Waals surface area contributed by atoms with Gasteiger partial charge in [0.25, 0.3) is 0 Å². The van der Waals surface area contributed by atoms with Crippen molar-refractivity contribution in [2.45, 2.75) is 26.4 Å². The van der Waals surface area contributed by atoms with Gasteiger partial charge in [-0.2, -0.15) is 15.0 Å². The zero-order valence-corrected chi connectivity index (χ0v) is 15.5. The van der Waals surface area contributed by atoms with Crippen LogP contribution >= 0.6 is 0 Å². The van der Waals surface area contributed by atoms with Gasteiger partial charge in [0.15, 0.2) is 0 Å². The number of halogens is 1. The van der Waals surface area contributed by atoms with Crippen LogP contribution in [0.4, 0.5) is 22.0 Å². The van der Waals surface area contributed by atoms with Gasteiger partial charge >= 0.3 is 0 Å². The van der Waals surface area contributed by atoms with Gasteiger partial charge < -0.3 is 11.1 Å². The van der Waals surface area contributed by atoms with Crippen molar-refractivity contribution < 1.29 is 4.39 Å². The summed E-state index contributed by atoms with van der Waals surface area (Å²) < 4.78 is 13.0. The summed E-state index contributed by atoms with van der Waals surface area (Å²) in [5.41, 5.74) is 9.00. The van der Waals surface area contributed by atoms with E-state index in [4.69, 9.17) is 5.73 Å². The first-order valence-corrected chi connectivity index (χ1v) is 8.82. The Labute approximate surface area is 158 Å². The maximum atomic E-state index is 13.0. The van der Waals surface area contributed by atoms with Crippen LogP contribution in [0.25, 0.3) is 0 Å². The SMILES string of the molecule is CCc1ccccc1Nc1nc(N)nc(CN(C)Cc2ccc(F)cc2)n1. The van der Waals surface area contributed by atoms with Gasteiger partial charge in [0.05, 0.1) is 6.54 Å². The van der Waals surface area contributed by atoms with Crippen LogP contribution in [0.15, 0.2) is 48.5 Å². The molecule has 0 spiro atoms. The molecule has 0 amide bonds. The molecule has 0 radical (unpaired) electrons. The fourth-order valence-electron chi connectivity index (χ4n) is 2.83. The summed E-state index contributed by atoms with van der Waals surface area (Å²) in [4.78, 5) is 14.9. The molecule has 3 rings (SSSR count). The van der Waals surface area contributed by atoms with E-state index in [1.165, 1.54) is 17.7 Å². The number of aromatic nitrogens is 3. The maximum Gasteiger partial charge on any atom is 0.232 e. The fraction of sp³-hybridized carbons (Fsp3) is 0.250. The van der Waals surface area contributed by atoms with E-state index in [-0.39, 0.29) is 11.8 Å².